The summed E-state index contributed by atoms with van der Waals surface area (Å²) in [5.74, 6) is 0. The third-order valence-corrected chi connectivity index (χ3v) is 4.18. The first kappa shape index (κ1) is 15.6. The minimum Gasteiger partial charge on any atom is -0.362 e. The predicted molar refractivity (Wildman–Crippen MR) is 102 cm³/mol. The van der Waals surface area contributed by atoms with Crippen LogP contribution in [0.5, 0.6) is 0 Å². The van der Waals surface area contributed by atoms with E-state index in [1.807, 2.05) is 18.2 Å². The van der Waals surface area contributed by atoms with Crippen molar-refractivity contribution in [3.63, 3.8) is 0 Å². The number of fused-ring (bicyclic) bond motifs is 1. The molecule has 2 N–H and O–H groups in total. The standard InChI is InChI=1S/C19H21N3S/c1-15-7-2-4-9-17(15)21-19(23)20-12-6-13-22-14-11-16-8-3-5-10-18(16)22/h2-5,7-11,14H,6,12-13H2,1H3,(H2,20,21,23). The number of anilines is 1. The molecule has 0 aliphatic carbocycles. The summed E-state index contributed by atoms with van der Waals surface area (Å²) < 4.78 is 2.29. The molecule has 4 heteroatoms. The molecule has 0 radical (unpaired) electrons. The molecule has 0 bridgehead atoms. The summed E-state index contributed by atoms with van der Waals surface area (Å²) in [5.41, 5.74) is 3.53. The second-order valence-electron chi connectivity index (χ2n) is 5.62. The van der Waals surface area contributed by atoms with Crippen LogP contribution in [0.1, 0.15) is 12.0 Å². The van der Waals surface area contributed by atoms with Crippen molar-refractivity contribution in [3.05, 3.63) is 66.4 Å². The Hall–Kier alpha value is -2.33. The van der Waals surface area contributed by atoms with Crippen LogP contribution in [0.4, 0.5) is 5.69 Å². The van der Waals surface area contributed by atoms with E-state index in [1.165, 1.54) is 16.5 Å². The van der Waals surface area contributed by atoms with Crippen LogP contribution in [-0.4, -0.2) is 16.2 Å². The summed E-state index contributed by atoms with van der Waals surface area (Å²) in [5, 5.41) is 8.49. The second kappa shape index (κ2) is 7.29. The van der Waals surface area contributed by atoms with E-state index in [0.29, 0.717) is 5.11 Å². The molecule has 0 spiro atoms. The molecule has 0 unspecified atom stereocenters. The molecule has 3 rings (SSSR count). The van der Waals surface area contributed by atoms with E-state index >= 15 is 0 Å². The van der Waals surface area contributed by atoms with Gasteiger partial charge in [-0.15, -0.1) is 0 Å². The lowest BCUT2D eigenvalue weighted by molar-refractivity contribution is 0.649. The van der Waals surface area contributed by atoms with E-state index in [0.717, 1.165) is 25.2 Å². The van der Waals surface area contributed by atoms with Crippen LogP contribution in [0.2, 0.25) is 0 Å². The van der Waals surface area contributed by atoms with Crippen molar-refractivity contribution in [1.82, 2.24) is 9.88 Å². The van der Waals surface area contributed by atoms with Crippen molar-refractivity contribution in [2.75, 3.05) is 11.9 Å². The Morgan fingerprint density at radius 3 is 2.70 bits per heavy atom. The molecule has 0 saturated heterocycles. The number of thiocarbonyl (C=S) groups is 1. The number of benzene rings is 2. The van der Waals surface area contributed by atoms with E-state index in [4.69, 9.17) is 12.2 Å². The van der Waals surface area contributed by atoms with Gasteiger partial charge in [-0.1, -0.05) is 36.4 Å². The monoisotopic (exact) mass is 323 g/mol. The molecule has 0 atom stereocenters. The van der Waals surface area contributed by atoms with Crippen LogP contribution in [0.3, 0.4) is 0 Å². The number of nitrogens with zero attached hydrogens (tertiary/aromatic N) is 1. The van der Waals surface area contributed by atoms with E-state index in [9.17, 15) is 0 Å². The van der Waals surface area contributed by atoms with Crippen molar-refractivity contribution in [1.29, 1.82) is 0 Å². The fourth-order valence-corrected chi connectivity index (χ4v) is 2.88. The van der Waals surface area contributed by atoms with E-state index in [-0.39, 0.29) is 0 Å². The van der Waals surface area contributed by atoms with Gasteiger partial charge in [0, 0.05) is 30.5 Å². The average Bonchev–Trinajstić information content (AvgIpc) is 2.97. The number of aryl methyl sites for hydroxylation is 2. The maximum absolute atomic E-state index is 5.36. The van der Waals surface area contributed by atoms with Gasteiger partial charge in [-0.2, -0.15) is 0 Å². The lowest BCUT2D eigenvalue weighted by Gasteiger charge is -2.12. The molecule has 0 amide bonds. The normalized spacial score (nSPS) is 10.7. The highest BCUT2D eigenvalue weighted by Crippen LogP contribution is 2.15. The van der Waals surface area contributed by atoms with Gasteiger partial charge in [0.25, 0.3) is 0 Å². The number of hydrogen-bond donors (Lipinski definition) is 2. The molecule has 3 aromatic rings. The molecule has 2 aromatic carbocycles. The van der Waals surface area contributed by atoms with E-state index < -0.39 is 0 Å². The van der Waals surface area contributed by atoms with Crippen LogP contribution in [0, 0.1) is 6.92 Å². The minimum absolute atomic E-state index is 0.677. The van der Waals surface area contributed by atoms with Gasteiger partial charge in [0.15, 0.2) is 5.11 Å². The maximum atomic E-state index is 5.36. The van der Waals surface area contributed by atoms with Gasteiger partial charge in [-0.3, -0.25) is 0 Å². The van der Waals surface area contributed by atoms with Crippen molar-refractivity contribution < 1.29 is 0 Å². The lowest BCUT2D eigenvalue weighted by atomic mass is 10.2. The van der Waals surface area contributed by atoms with Gasteiger partial charge in [0.2, 0.25) is 0 Å². The molecule has 0 saturated carbocycles. The molecular weight excluding hydrogens is 302 g/mol. The Balaban J connectivity index is 1.46. The topological polar surface area (TPSA) is 29.0 Å². The van der Waals surface area contributed by atoms with Gasteiger partial charge in [0.1, 0.15) is 0 Å². The second-order valence-corrected chi connectivity index (χ2v) is 6.03. The maximum Gasteiger partial charge on any atom is 0.170 e. The fourth-order valence-electron chi connectivity index (χ4n) is 2.67. The third-order valence-electron chi connectivity index (χ3n) is 3.93. The minimum atomic E-state index is 0.677. The molecule has 0 aliphatic rings. The van der Waals surface area contributed by atoms with Gasteiger partial charge in [-0.25, -0.2) is 0 Å². The Morgan fingerprint density at radius 2 is 1.83 bits per heavy atom. The molecule has 1 heterocycles. The summed E-state index contributed by atoms with van der Waals surface area (Å²) in [4.78, 5) is 0. The molecule has 1 aromatic heterocycles. The fraction of sp³-hybridized carbons (Fsp3) is 0.211. The lowest BCUT2D eigenvalue weighted by Crippen LogP contribution is -2.30. The first-order chi connectivity index (χ1) is 11.2. The van der Waals surface area contributed by atoms with Crippen LogP contribution in [-0.2, 0) is 6.54 Å². The molecule has 23 heavy (non-hydrogen) atoms. The number of rotatable bonds is 5. The van der Waals surface area contributed by atoms with Crippen molar-refractivity contribution in [3.8, 4) is 0 Å². The highest BCUT2D eigenvalue weighted by molar-refractivity contribution is 7.80. The van der Waals surface area contributed by atoms with Crippen LogP contribution < -0.4 is 10.6 Å². The average molecular weight is 323 g/mol. The van der Waals surface area contributed by atoms with Crippen molar-refractivity contribution >= 4 is 33.9 Å². The summed E-state index contributed by atoms with van der Waals surface area (Å²) in [6.45, 7) is 3.90. The molecular formula is C19H21N3S. The quantitative estimate of drug-likeness (QED) is 0.541. The van der Waals surface area contributed by atoms with Gasteiger partial charge < -0.3 is 15.2 Å². The number of hydrogen-bond acceptors (Lipinski definition) is 1. The summed E-state index contributed by atoms with van der Waals surface area (Å²) in [6, 6.07) is 18.8. The Bertz CT molecular complexity index is 807. The van der Waals surface area contributed by atoms with Crippen LogP contribution in [0.25, 0.3) is 10.9 Å². The first-order valence-electron chi connectivity index (χ1n) is 7.88. The first-order valence-corrected chi connectivity index (χ1v) is 8.29. The van der Waals surface area contributed by atoms with E-state index in [2.05, 4.69) is 64.7 Å². The van der Waals surface area contributed by atoms with Crippen LogP contribution >= 0.6 is 12.2 Å². The Morgan fingerprint density at radius 1 is 1.04 bits per heavy atom. The zero-order valence-corrected chi connectivity index (χ0v) is 14.1. The van der Waals surface area contributed by atoms with Gasteiger partial charge >= 0.3 is 0 Å². The summed E-state index contributed by atoms with van der Waals surface area (Å²) >= 11 is 5.36. The highest BCUT2D eigenvalue weighted by Gasteiger charge is 2.01. The van der Waals surface area contributed by atoms with Crippen molar-refractivity contribution in [2.45, 2.75) is 19.9 Å². The van der Waals surface area contributed by atoms with Gasteiger partial charge in [0.05, 0.1) is 0 Å². The Kier molecular flexibility index (Phi) is 4.93. The summed E-state index contributed by atoms with van der Waals surface area (Å²) in [6.07, 6.45) is 3.17. The van der Waals surface area contributed by atoms with Gasteiger partial charge in [-0.05, 0) is 54.7 Å². The predicted octanol–water partition coefficient (Wildman–Crippen LogP) is 4.33. The number of para-hydroxylation sites is 2. The third kappa shape index (κ3) is 3.90. The Labute approximate surface area is 142 Å². The van der Waals surface area contributed by atoms with Crippen LogP contribution in [0.15, 0.2) is 60.8 Å². The zero-order valence-electron chi connectivity index (χ0n) is 13.3. The molecule has 3 nitrogen and oxygen atoms in total. The molecule has 118 valence electrons. The van der Waals surface area contributed by atoms with Crippen molar-refractivity contribution in [2.24, 2.45) is 0 Å². The summed E-state index contributed by atoms with van der Waals surface area (Å²) in [7, 11) is 0. The highest BCUT2D eigenvalue weighted by atomic mass is 32.1. The van der Waals surface area contributed by atoms with E-state index in [1.54, 1.807) is 0 Å². The smallest absolute Gasteiger partial charge is 0.170 e. The SMILES string of the molecule is Cc1ccccc1NC(=S)NCCCn1ccc2ccccc21. The zero-order chi connectivity index (χ0) is 16.1. The molecule has 0 fully saturated rings. The molecule has 0 aliphatic heterocycles. The number of nitrogens with one attached hydrogen (secondary N) is 2. The number of aromatic nitrogens is 1. The largest absolute Gasteiger partial charge is 0.362 e.